The molecule has 0 saturated carbocycles. The van der Waals surface area contributed by atoms with Crippen molar-refractivity contribution in [3.63, 3.8) is 0 Å². The van der Waals surface area contributed by atoms with E-state index in [1.54, 1.807) is 18.2 Å². The molecule has 0 spiro atoms. The van der Waals surface area contributed by atoms with Crippen molar-refractivity contribution in [2.75, 3.05) is 0 Å². The summed E-state index contributed by atoms with van der Waals surface area (Å²) in [6.07, 6.45) is 0.877. The van der Waals surface area contributed by atoms with Crippen LogP contribution < -0.4 is 0 Å². The van der Waals surface area contributed by atoms with Gasteiger partial charge in [0.2, 0.25) is 0 Å². The minimum Gasteiger partial charge on any atom is -0.478 e. The van der Waals surface area contributed by atoms with E-state index >= 15 is 0 Å². The zero-order valence-electron chi connectivity index (χ0n) is 10.1. The van der Waals surface area contributed by atoms with Crippen molar-refractivity contribution in [2.45, 2.75) is 0 Å². The molecule has 0 saturated heterocycles. The van der Waals surface area contributed by atoms with Crippen LogP contribution in [0.25, 0.3) is 0 Å². The lowest BCUT2D eigenvalue weighted by Gasteiger charge is -2.06. The minimum absolute atomic E-state index is 0.198. The van der Waals surface area contributed by atoms with E-state index in [1.807, 2.05) is 0 Å². The van der Waals surface area contributed by atoms with Crippen LogP contribution in [0.1, 0.15) is 36.8 Å². The normalized spacial score (nSPS) is 10.0. The minimum atomic E-state index is -1.34. The molecule has 0 aliphatic rings. The lowest BCUT2D eigenvalue weighted by Crippen LogP contribution is -2.13. The lowest BCUT2D eigenvalue weighted by atomic mass is 9.99. The van der Waals surface area contributed by atoms with Gasteiger partial charge in [-0.3, -0.25) is 4.79 Å². The molecule has 100 valence electrons. The third-order valence-electron chi connectivity index (χ3n) is 2.63. The number of ketones is 1. The second kappa shape index (κ2) is 5.31. The Morgan fingerprint density at radius 3 is 2.10 bits per heavy atom. The molecule has 0 fully saturated rings. The predicted octanol–water partition coefficient (Wildman–Crippen LogP) is 1.71. The monoisotopic (exact) mass is 271 g/mol. The first-order chi connectivity index (χ1) is 9.50. The van der Waals surface area contributed by atoms with Gasteiger partial charge in [0.25, 0.3) is 0 Å². The van der Waals surface area contributed by atoms with E-state index in [4.69, 9.17) is 10.2 Å². The number of aromatic nitrogens is 1. The van der Waals surface area contributed by atoms with Gasteiger partial charge < -0.3 is 10.2 Å². The molecule has 0 amide bonds. The van der Waals surface area contributed by atoms with Gasteiger partial charge >= 0.3 is 11.9 Å². The van der Waals surface area contributed by atoms with Crippen molar-refractivity contribution >= 4 is 17.7 Å². The van der Waals surface area contributed by atoms with Gasteiger partial charge in [-0.05, 0) is 6.07 Å². The zero-order valence-corrected chi connectivity index (χ0v) is 10.1. The first kappa shape index (κ1) is 13.4. The Morgan fingerprint density at radius 2 is 1.55 bits per heavy atom. The number of carbonyl (C=O) groups excluding carboxylic acids is 1. The summed E-state index contributed by atoms with van der Waals surface area (Å²) in [5.41, 5.74) is -0.633. The Balaban J connectivity index is 2.58. The van der Waals surface area contributed by atoms with E-state index in [0.29, 0.717) is 0 Å². The molecular formula is C14H9NO5. The number of carboxylic acids is 2. The number of hydrogen-bond donors (Lipinski definition) is 2. The van der Waals surface area contributed by atoms with Crippen molar-refractivity contribution in [1.29, 1.82) is 0 Å². The Hall–Kier alpha value is -3.02. The third kappa shape index (κ3) is 2.54. The number of rotatable bonds is 4. The fourth-order valence-electron chi connectivity index (χ4n) is 1.68. The van der Waals surface area contributed by atoms with Crippen LogP contribution >= 0.6 is 0 Å². The molecule has 6 heteroatoms. The molecule has 0 aliphatic carbocycles. The van der Waals surface area contributed by atoms with Gasteiger partial charge in [-0.2, -0.15) is 0 Å². The van der Waals surface area contributed by atoms with Gasteiger partial charge in [-0.1, -0.05) is 30.3 Å². The highest BCUT2D eigenvalue weighted by atomic mass is 16.4. The van der Waals surface area contributed by atoms with Crippen molar-refractivity contribution in [2.24, 2.45) is 0 Å². The van der Waals surface area contributed by atoms with Crippen LogP contribution in [0.15, 0.2) is 42.6 Å². The Kier molecular flexibility index (Phi) is 3.56. The van der Waals surface area contributed by atoms with Gasteiger partial charge in [-0.15, -0.1) is 0 Å². The van der Waals surface area contributed by atoms with E-state index in [2.05, 4.69) is 4.98 Å². The summed E-state index contributed by atoms with van der Waals surface area (Å²) >= 11 is 0. The molecule has 0 atom stereocenters. The number of benzene rings is 1. The van der Waals surface area contributed by atoms with Crippen LogP contribution in [-0.4, -0.2) is 32.9 Å². The lowest BCUT2D eigenvalue weighted by molar-refractivity contribution is 0.0674. The maximum Gasteiger partial charge on any atom is 0.354 e. The summed E-state index contributed by atoms with van der Waals surface area (Å²) in [4.78, 5) is 37.7. The Morgan fingerprint density at radius 1 is 0.900 bits per heavy atom. The molecule has 0 unspecified atom stereocenters. The van der Waals surface area contributed by atoms with E-state index < -0.39 is 17.7 Å². The summed E-state index contributed by atoms with van der Waals surface area (Å²) in [6.45, 7) is 0. The first-order valence-electron chi connectivity index (χ1n) is 5.57. The highest BCUT2D eigenvalue weighted by Crippen LogP contribution is 2.15. The average molecular weight is 271 g/mol. The maximum absolute atomic E-state index is 12.3. The molecule has 2 rings (SSSR count). The number of aromatic carboxylic acids is 2. The van der Waals surface area contributed by atoms with Crippen LogP contribution in [0.2, 0.25) is 0 Å². The fourth-order valence-corrected chi connectivity index (χ4v) is 1.68. The Labute approximate surface area is 113 Å². The molecule has 1 heterocycles. The topological polar surface area (TPSA) is 105 Å². The largest absolute Gasteiger partial charge is 0.478 e. The molecule has 6 nitrogen and oxygen atoms in total. The summed E-state index contributed by atoms with van der Waals surface area (Å²) < 4.78 is 0. The summed E-state index contributed by atoms with van der Waals surface area (Å²) in [5, 5.41) is 17.9. The molecule has 2 aromatic rings. The zero-order chi connectivity index (χ0) is 14.7. The quantitative estimate of drug-likeness (QED) is 0.820. The van der Waals surface area contributed by atoms with E-state index in [9.17, 15) is 14.4 Å². The van der Waals surface area contributed by atoms with Crippen LogP contribution in [0.3, 0.4) is 0 Å². The fraction of sp³-hybridized carbons (Fsp3) is 0. The summed E-state index contributed by atoms with van der Waals surface area (Å²) in [7, 11) is 0. The van der Waals surface area contributed by atoms with Crippen molar-refractivity contribution in [3.05, 3.63) is 65.0 Å². The smallest absolute Gasteiger partial charge is 0.354 e. The number of pyridine rings is 1. The maximum atomic E-state index is 12.3. The van der Waals surface area contributed by atoms with Crippen molar-refractivity contribution < 1.29 is 24.6 Å². The summed E-state index contributed by atoms with van der Waals surface area (Å²) in [5.74, 6) is -3.23. The number of carbonyl (C=O) groups is 3. The van der Waals surface area contributed by atoms with E-state index in [0.717, 1.165) is 12.3 Å². The molecule has 2 N–H and O–H groups in total. The van der Waals surface area contributed by atoms with Gasteiger partial charge in [0, 0.05) is 17.3 Å². The predicted molar refractivity (Wildman–Crippen MR) is 68.0 cm³/mol. The summed E-state index contributed by atoms with van der Waals surface area (Å²) in [6, 6.07) is 8.99. The molecule has 0 aliphatic heterocycles. The van der Waals surface area contributed by atoms with Gasteiger partial charge in [0.05, 0.1) is 5.56 Å². The SMILES string of the molecule is O=C(O)c1cc(C(=O)c2ccccc2)c(C(=O)O)cn1. The van der Waals surface area contributed by atoms with Crippen LogP contribution in [0.4, 0.5) is 0 Å². The van der Waals surface area contributed by atoms with E-state index in [-0.39, 0.29) is 22.4 Å². The highest BCUT2D eigenvalue weighted by Gasteiger charge is 2.20. The molecule has 20 heavy (non-hydrogen) atoms. The van der Waals surface area contributed by atoms with Gasteiger partial charge in [0.1, 0.15) is 5.69 Å². The van der Waals surface area contributed by atoms with Crippen LogP contribution in [0, 0.1) is 0 Å². The molecule has 1 aromatic carbocycles. The molecular weight excluding hydrogens is 262 g/mol. The molecule has 0 bridgehead atoms. The van der Waals surface area contributed by atoms with Crippen molar-refractivity contribution in [1.82, 2.24) is 4.98 Å². The van der Waals surface area contributed by atoms with Gasteiger partial charge in [-0.25, -0.2) is 14.6 Å². The number of hydrogen-bond acceptors (Lipinski definition) is 4. The van der Waals surface area contributed by atoms with Crippen molar-refractivity contribution in [3.8, 4) is 0 Å². The molecule has 1 aromatic heterocycles. The third-order valence-corrected chi connectivity index (χ3v) is 2.63. The second-order valence-corrected chi connectivity index (χ2v) is 3.92. The molecule has 0 radical (unpaired) electrons. The number of nitrogens with zero attached hydrogens (tertiary/aromatic N) is 1. The van der Waals surface area contributed by atoms with Crippen LogP contribution in [0.5, 0.6) is 0 Å². The standard InChI is InChI=1S/C14H9NO5/c16-12(8-4-2-1-3-5-8)9-6-11(14(19)20)15-7-10(9)13(17)18/h1-7H,(H,17,18)(H,19,20). The first-order valence-corrected chi connectivity index (χ1v) is 5.57. The Bertz CT molecular complexity index is 694. The van der Waals surface area contributed by atoms with Crippen LogP contribution in [-0.2, 0) is 0 Å². The van der Waals surface area contributed by atoms with E-state index in [1.165, 1.54) is 12.1 Å². The van der Waals surface area contributed by atoms with Gasteiger partial charge in [0.15, 0.2) is 5.78 Å². The number of carboxylic acid groups (broad SMARTS) is 2. The highest BCUT2D eigenvalue weighted by molar-refractivity contribution is 6.14. The average Bonchev–Trinajstić information content (AvgIpc) is 2.46. The second-order valence-electron chi connectivity index (χ2n) is 3.92.